The van der Waals surface area contributed by atoms with Crippen LogP contribution in [0, 0.1) is 0 Å². The number of benzene rings is 2. The number of halogens is 2. The van der Waals surface area contributed by atoms with Gasteiger partial charge in [0.05, 0.1) is 10.2 Å². The smallest absolute Gasteiger partial charge is 0.246 e. The first-order chi connectivity index (χ1) is 14.0. The molecule has 2 aromatic carbocycles. The van der Waals surface area contributed by atoms with Crippen molar-refractivity contribution < 1.29 is 4.79 Å². The molecule has 0 spiro atoms. The van der Waals surface area contributed by atoms with Gasteiger partial charge in [0.15, 0.2) is 5.13 Å². The Kier molecular flexibility index (Phi) is 6.09. The van der Waals surface area contributed by atoms with Crippen LogP contribution in [0.15, 0.2) is 42.5 Å². The molecule has 2 heterocycles. The van der Waals surface area contributed by atoms with Crippen LogP contribution in [-0.4, -0.2) is 42.0 Å². The molecular weight excluding hydrogens is 425 g/mol. The zero-order chi connectivity index (χ0) is 20.4. The Morgan fingerprint density at radius 2 is 1.93 bits per heavy atom. The van der Waals surface area contributed by atoms with E-state index >= 15 is 0 Å². The fourth-order valence-electron chi connectivity index (χ4n) is 3.33. The Morgan fingerprint density at radius 1 is 1.14 bits per heavy atom. The molecule has 0 N–H and O–H groups in total. The molecular formula is C22H21Cl2N3OS. The lowest BCUT2D eigenvalue weighted by molar-refractivity contribution is -0.126. The Hall–Kier alpha value is -2.08. The van der Waals surface area contributed by atoms with E-state index in [9.17, 15) is 4.79 Å². The van der Waals surface area contributed by atoms with Gasteiger partial charge in [-0.25, -0.2) is 4.98 Å². The largest absolute Gasteiger partial charge is 0.345 e. The number of nitrogens with zero attached hydrogens (tertiary/aromatic N) is 3. The molecule has 7 heteroatoms. The summed E-state index contributed by atoms with van der Waals surface area (Å²) in [6.07, 6.45) is 4.35. The first kappa shape index (κ1) is 20.2. The highest BCUT2D eigenvalue weighted by molar-refractivity contribution is 7.22. The summed E-state index contributed by atoms with van der Waals surface area (Å²) in [5, 5.41) is 2.15. The Labute approximate surface area is 184 Å². The van der Waals surface area contributed by atoms with E-state index in [-0.39, 0.29) is 5.91 Å². The minimum absolute atomic E-state index is 0.00689. The van der Waals surface area contributed by atoms with Gasteiger partial charge in [0, 0.05) is 42.3 Å². The summed E-state index contributed by atoms with van der Waals surface area (Å²) < 4.78 is 1.22. The van der Waals surface area contributed by atoms with Crippen molar-refractivity contribution in [1.82, 2.24) is 9.88 Å². The van der Waals surface area contributed by atoms with Crippen molar-refractivity contribution in [3.63, 3.8) is 0 Å². The van der Waals surface area contributed by atoms with Gasteiger partial charge in [-0.3, -0.25) is 4.79 Å². The molecule has 3 aromatic rings. The second-order valence-corrected chi connectivity index (χ2v) is 8.82. The number of aryl methyl sites for hydroxylation is 1. The maximum Gasteiger partial charge on any atom is 0.246 e. The standard InChI is InChI=1S/C22H21Cl2N3OS/c1-2-15-3-7-19-20(13-15)29-22(25-19)27-11-9-26(10-12-27)21(28)8-5-16-4-6-17(23)14-18(16)24/h3-8,13-14H,2,9-12H2,1H3/b8-5+. The number of thiazole rings is 1. The van der Waals surface area contributed by atoms with Crippen molar-refractivity contribution in [3.05, 3.63) is 63.6 Å². The van der Waals surface area contributed by atoms with E-state index in [1.807, 2.05) is 11.0 Å². The molecule has 1 amide bonds. The summed E-state index contributed by atoms with van der Waals surface area (Å²) in [6, 6.07) is 11.7. The number of carbonyl (C=O) groups excluding carboxylic acids is 1. The third-order valence-corrected chi connectivity index (χ3v) is 6.72. The Bertz CT molecular complexity index is 1070. The van der Waals surface area contributed by atoms with Crippen LogP contribution in [-0.2, 0) is 11.2 Å². The molecule has 1 saturated heterocycles. The molecule has 4 rings (SSSR count). The molecule has 150 valence electrons. The topological polar surface area (TPSA) is 36.4 Å². The van der Waals surface area contributed by atoms with E-state index in [0.717, 1.165) is 35.7 Å². The Balaban J connectivity index is 1.38. The highest BCUT2D eigenvalue weighted by atomic mass is 35.5. The van der Waals surface area contributed by atoms with Crippen molar-refractivity contribution in [2.75, 3.05) is 31.1 Å². The minimum Gasteiger partial charge on any atom is -0.345 e. The van der Waals surface area contributed by atoms with Gasteiger partial charge in [-0.1, -0.05) is 53.6 Å². The summed E-state index contributed by atoms with van der Waals surface area (Å²) in [5.41, 5.74) is 3.16. The van der Waals surface area contributed by atoms with Crippen LogP contribution in [0.5, 0.6) is 0 Å². The molecule has 0 radical (unpaired) electrons. The second-order valence-electron chi connectivity index (χ2n) is 6.96. The predicted octanol–water partition coefficient (Wildman–Crippen LogP) is 5.53. The highest BCUT2D eigenvalue weighted by Crippen LogP contribution is 2.30. The number of amides is 1. The summed E-state index contributed by atoms with van der Waals surface area (Å²) in [4.78, 5) is 21.4. The zero-order valence-electron chi connectivity index (χ0n) is 16.1. The number of aromatic nitrogens is 1. The summed E-state index contributed by atoms with van der Waals surface area (Å²) in [6.45, 7) is 5.07. The second kappa shape index (κ2) is 8.74. The number of piperazine rings is 1. The van der Waals surface area contributed by atoms with Crippen molar-refractivity contribution >= 4 is 61.9 Å². The van der Waals surface area contributed by atoms with Crippen LogP contribution in [0.1, 0.15) is 18.1 Å². The monoisotopic (exact) mass is 445 g/mol. The van der Waals surface area contributed by atoms with E-state index in [1.54, 1.807) is 35.6 Å². The summed E-state index contributed by atoms with van der Waals surface area (Å²) >= 11 is 13.8. The number of fused-ring (bicyclic) bond motifs is 1. The van der Waals surface area contributed by atoms with Gasteiger partial charge in [-0.15, -0.1) is 0 Å². The SMILES string of the molecule is CCc1ccc2nc(N3CCN(C(=O)/C=C/c4ccc(Cl)cc4Cl)CC3)sc2c1. The fourth-order valence-corrected chi connectivity index (χ4v) is 4.89. The molecule has 0 unspecified atom stereocenters. The quantitative estimate of drug-likeness (QED) is 0.495. The molecule has 4 nitrogen and oxygen atoms in total. The van der Waals surface area contributed by atoms with Crippen molar-refractivity contribution in [2.24, 2.45) is 0 Å². The third kappa shape index (κ3) is 4.58. The Morgan fingerprint density at radius 3 is 2.66 bits per heavy atom. The third-order valence-electron chi connectivity index (χ3n) is 5.08. The average molecular weight is 446 g/mol. The molecule has 0 saturated carbocycles. The maximum atomic E-state index is 12.5. The minimum atomic E-state index is -0.00689. The van der Waals surface area contributed by atoms with E-state index in [4.69, 9.17) is 28.2 Å². The number of carbonyl (C=O) groups is 1. The van der Waals surface area contributed by atoms with Gasteiger partial charge in [-0.2, -0.15) is 0 Å². The predicted molar refractivity (Wildman–Crippen MR) is 123 cm³/mol. The highest BCUT2D eigenvalue weighted by Gasteiger charge is 2.22. The number of hydrogen-bond donors (Lipinski definition) is 0. The van der Waals surface area contributed by atoms with Gasteiger partial charge in [-0.05, 0) is 47.9 Å². The van der Waals surface area contributed by atoms with Gasteiger partial charge in [0.25, 0.3) is 0 Å². The van der Waals surface area contributed by atoms with Crippen molar-refractivity contribution in [2.45, 2.75) is 13.3 Å². The van der Waals surface area contributed by atoms with Crippen LogP contribution in [0.25, 0.3) is 16.3 Å². The van der Waals surface area contributed by atoms with Crippen LogP contribution in [0.2, 0.25) is 10.0 Å². The van der Waals surface area contributed by atoms with Crippen LogP contribution < -0.4 is 4.90 Å². The lowest BCUT2D eigenvalue weighted by atomic mass is 10.2. The van der Waals surface area contributed by atoms with E-state index in [2.05, 4.69) is 30.0 Å². The van der Waals surface area contributed by atoms with Gasteiger partial charge in [0.2, 0.25) is 5.91 Å². The van der Waals surface area contributed by atoms with Crippen molar-refractivity contribution in [1.29, 1.82) is 0 Å². The first-order valence-corrected chi connectivity index (χ1v) is 11.2. The summed E-state index contributed by atoms with van der Waals surface area (Å²) in [7, 11) is 0. The lowest BCUT2D eigenvalue weighted by Crippen LogP contribution is -2.48. The summed E-state index contributed by atoms with van der Waals surface area (Å²) in [5.74, 6) is -0.00689. The van der Waals surface area contributed by atoms with Crippen LogP contribution in [0.3, 0.4) is 0 Å². The van der Waals surface area contributed by atoms with E-state index in [1.165, 1.54) is 10.3 Å². The molecule has 1 aromatic heterocycles. The molecule has 1 aliphatic heterocycles. The number of rotatable bonds is 4. The van der Waals surface area contributed by atoms with Crippen LogP contribution in [0.4, 0.5) is 5.13 Å². The molecule has 29 heavy (non-hydrogen) atoms. The van der Waals surface area contributed by atoms with Gasteiger partial charge in [0.1, 0.15) is 0 Å². The lowest BCUT2D eigenvalue weighted by Gasteiger charge is -2.34. The average Bonchev–Trinajstić information content (AvgIpc) is 3.16. The fraction of sp³-hybridized carbons (Fsp3) is 0.273. The normalized spacial score (nSPS) is 14.9. The molecule has 0 aliphatic carbocycles. The molecule has 1 fully saturated rings. The molecule has 1 aliphatic rings. The molecule has 0 atom stereocenters. The van der Waals surface area contributed by atoms with Crippen LogP contribution >= 0.6 is 34.5 Å². The van der Waals surface area contributed by atoms with Crippen molar-refractivity contribution in [3.8, 4) is 0 Å². The van der Waals surface area contributed by atoms with E-state index in [0.29, 0.717) is 23.1 Å². The van der Waals surface area contributed by atoms with Gasteiger partial charge >= 0.3 is 0 Å². The van der Waals surface area contributed by atoms with Gasteiger partial charge < -0.3 is 9.80 Å². The first-order valence-electron chi connectivity index (χ1n) is 9.60. The number of anilines is 1. The molecule has 0 bridgehead atoms. The van der Waals surface area contributed by atoms with E-state index < -0.39 is 0 Å². The number of hydrogen-bond acceptors (Lipinski definition) is 4. The zero-order valence-corrected chi connectivity index (χ0v) is 18.4. The maximum absolute atomic E-state index is 12.5.